The van der Waals surface area contributed by atoms with Gasteiger partial charge in [-0.1, -0.05) is 31.1 Å². The van der Waals surface area contributed by atoms with Crippen molar-refractivity contribution in [2.24, 2.45) is 5.92 Å². The average molecular weight is 338 g/mol. The van der Waals surface area contributed by atoms with Crippen LogP contribution in [0.4, 0.5) is 0 Å². The molecule has 0 aromatic heterocycles. The van der Waals surface area contributed by atoms with Crippen molar-refractivity contribution in [1.82, 2.24) is 0 Å². The van der Waals surface area contributed by atoms with Crippen molar-refractivity contribution in [2.45, 2.75) is 79.8 Å². The molecule has 1 atom stereocenters. The van der Waals surface area contributed by atoms with Gasteiger partial charge in [0.05, 0.1) is 0 Å². The van der Waals surface area contributed by atoms with Crippen molar-refractivity contribution in [3.8, 4) is 0 Å². The average Bonchev–Trinajstić information content (AvgIpc) is 2.46. The van der Waals surface area contributed by atoms with E-state index in [1.54, 1.807) is 0 Å². The summed E-state index contributed by atoms with van der Waals surface area (Å²) in [5.41, 5.74) is 2.53. The first-order valence-corrected chi connectivity index (χ1v) is 8.86. The van der Waals surface area contributed by atoms with E-state index in [0.29, 0.717) is 18.9 Å². The monoisotopic (exact) mass is 338 g/mol. The Kier molecular flexibility index (Phi) is 12.0. The van der Waals surface area contributed by atoms with Gasteiger partial charge in [0.2, 0.25) is 0 Å². The normalized spacial score (nSPS) is 12.7. The molecule has 24 heavy (non-hydrogen) atoms. The van der Waals surface area contributed by atoms with Crippen molar-refractivity contribution in [2.75, 3.05) is 6.61 Å². The number of allylic oxidation sites excluding steroid dienone is 3. The molecule has 0 bridgehead atoms. The van der Waals surface area contributed by atoms with Gasteiger partial charge in [0.25, 0.3) is 0 Å². The first kappa shape index (κ1) is 22.4. The molecule has 0 amide bonds. The maximum atomic E-state index is 11.6. The number of esters is 2. The Hall–Kier alpha value is -1.58. The van der Waals surface area contributed by atoms with Crippen molar-refractivity contribution >= 4 is 11.9 Å². The van der Waals surface area contributed by atoms with E-state index in [1.807, 2.05) is 33.8 Å². The predicted octanol–water partition coefficient (Wildman–Crippen LogP) is 4.98. The summed E-state index contributed by atoms with van der Waals surface area (Å²) in [5, 5.41) is 0. The fourth-order valence-corrected chi connectivity index (χ4v) is 1.82. The molecule has 0 radical (unpaired) electrons. The van der Waals surface area contributed by atoms with Gasteiger partial charge in [0.1, 0.15) is 12.7 Å². The minimum absolute atomic E-state index is 0.0936. The number of hydrogen-bond donors (Lipinski definition) is 0. The van der Waals surface area contributed by atoms with Crippen LogP contribution in [0, 0.1) is 5.92 Å². The first-order chi connectivity index (χ1) is 11.2. The van der Waals surface area contributed by atoms with Crippen LogP contribution >= 0.6 is 0 Å². The van der Waals surface area contributed by atoms with Crippen LogP contribution in [0.25, 0.3) is 0 Å². The van der Waals surface area contributed by atoms with E-state index in [9.17, 15) is 9.59 Å². The summed E-state index contributed by atoms with van der Waals surface area (Å²) in [6.45, 7) is 12.4. The van der Waals surface area contributed by atoms with E-state index in [0.717, 1.165) is 12.8 Å². The first-order valence-electron chi connectivity index (χ1n) is 8.86. The molecule has 138 valence electrons. The number of hydrogen-bond acceptors (Lipinski definition) is 4. The fourth-order valence-electron chi connectivity index (χ4n) is 1.82. The van der Waals surface area contributed by atoms with Gasteiger partial charge in [-0.15, -0.1) is 0 Å². The second-order valence-electron chi connectivity index (χ2n) is 6.85. The molecule has 0 spiro atoms. The van der Waals surface area contributed by atoms with Gasteiger partial charge >= 0.3 is 11.9 Å². The maximum Gasteiger partial charge on any atom is 0.306 e. The lowest BCUT2D eigenvalue weighted by Gasteiger charge is -2.16. The Labute approximate surface area is 147 Å². The third kappa shape index (κ3) is 12.9. The van der Waals surface area contributed by atoms with Crippen molar-refractivity contribution in [3.63, 3.8) is 0 Å². The highest BCUT2D eigenvalue weighted by Crippen LogP contribution is 2.09. The minimum atomic E-state index is -0.270. The Morgan fingerprint density at radius 1 is 0.917 bits per heavy atom. The number of carbonyl (C=O) groups excluding carboxylic acids is 2. The molecular weight excluding hydrogens is 304 g/mol. The Bertz CT molecular complexity index is 443. The smallest absolute Gasteiger partial charge is 0.306 e. The lowest BCUT2D eigenvalue weighted by Crippen LogP contribution is -2.20. The van der Waals surface area contributed by atoms with Crippen LogP contribution in [-0.4, -0.2) is 24.6 Å². The molecular formula is C20H34O4. The molecule has 0 saturated heterocycles. The van der Waals surface area contributed by atoms with Crippen molar-refractivity contribution < 1.29 is 19.1 Å². The summed E-state index contributed by atoms with van der Waals surface area (Å²) >= 11 is 0. The summed E-state index contributed by atoms with van der Waals surface area (Å²) in [5.74, 6) is -0.224. The molecule has 0 fully saturated rings. The summed E-state index contributed by atoms with van der Waals surface area (Å²) < 4.78 is 10.4. The highest BCUT2D eigenvalue weighted by atomic mass is 16.5. The SMILES string of the molecule is CC(C)=CCC/C(C)=C/COC(=O)CCCC(=O)OC(C)C(C)C. The van der Waals surface area contributed by atoms with Crippen LogP contribution in [0.1, 0.15) is 73.6 Å². The number of ether oxygens (including phenoxy) is 2. The Morgan fingerprint density at radius 2 is 1.54 bits per heavy atom. The second-order valence-corrected chi connectivity index (χ2v) is 6.85. The van der Waals surface area contributed by atoms with Crippen LogP contribution in [0.3, 0.4) is 0 Å². The molecule has 0 rings (SSSR count). The van der Waals surface area contributed by atoms with E-state index in [1.165, 1.54) is 11.1 Å². The molecule has 4 heteroatoms. The van der Waals surface area contributed by atoms with Gasteiger partial charge in [-0.2, -0.15) is 0 Å². The van der Waals surface area contributed by atoms with Crippen LogP contribution in [0.2, 0.25) is 0 Å². The summed E-state index contributed by atoms with van der Waals surface area (Å²) in [7, 11) is 0. The van der Waals surface area contributed by atoms with Crippen LogP contribution in [0.15, 0.2) is 23.3 Å². The number of rotatable bonds is 11. The van der Waals surface area contributed by atoms with E-state index in [4.69, 9.17) is 9.47 Å². The van der Waals surface area contributed by atoms with Gasteiger partial charge < -0.3 is 9.47 Å². The molecule has 0 aromatic carbocycles. The van der Waals surface area contributed by atoms with Gasteiger partial charge in [0, 0.05) is 12.8 Å². The highest BCUT2D eigenvalue weighted by Gasteiger charge is 2.13. The summed E-state index contributed by atoms with van der Waals surface area (Å²) in [6.07, 6.45) is 6.99. The molecule has 0 aliphatic heterocycles. The van der Waals surface area contributed by atoms with Gasteiger partial charge in [0.15, 0.2) is 0 Å². The van der Waals surface area contributed by atoms with Crippen molar-refractivity contribution in [1.29, 1.82) is 0 Å². The largest absolute Gasteiger partial charge is 0.462 e. The molecule has 0 N–H and O–H groups in total. The molecule has 4 nitrogen and oxygen atoms in total. The molecule has 0 aliphatic rings. The van der Waals surface area contributed by atoms with Crippen LogP contribution < -0.4 is 0 Å². The quantitative estimate of drug-likeness (QED) is 0.394. The van der Waals surface area contributed by atoms with Crippen LogP contribution in [0.5, 0.6) is 0 Å². The van der Waals surface area contributed by atoms with E-state index in [-0.39, 0.29) is 30.9 Å². The topological polar surface area (TPSA) is 52.6 Å². The van der Waals surface area contributed by atoms with Crippen molar-refractivity contribution in [3.05, 3.63) is 23.3 Å². The van der Waals surface area contributed by atoms with E-state index >= 15 is 0 Å². The number of carbonyl (C=O) groups is 2. The summed E-state index contributed by atoms with van der Waals surface area (Å²) in [4.78, 5) is 23.2. The highest BCUT2D eigenvalue weighted by molar-refractivity contribution is 5.72. The standard InChI is InChI=1S/C20H34O4/c1-15(2)9-7-10-17(5)13-14-23-19(21)11-8-12-20(22)24-18(6)16(3)4/h9,13,16,18H,7-8,10-12,14H2,1-6H3/b17-13+. The maximum absolute atomic E-state index is 11.6. The molecule has 1 unspecified atom stereocenters. The lowest BCUT2D eigenvalue weighted by atomic mass is 10.1. The molecule has 0 saturated carbocycles. The Morgan fingerprint density at radius 3 is 2.12 bits per heavy atom. The van der Waals surface area contributed by atoms with Crippen LogP contribution in [-0.2, 0) is 19.1 Å². The Balaban J connectivity index is 3.83. The molecule has 0 aliphatic carbocycles. The zero-order valence-corrected chi connectivity index (χ0v) is 16.2. The van der Waals surface area contributed by atoms with E-state index < -0.39 is 0 Å². The predicted molar refractivity (Wildman–Crippen MR) is 97.6 cm³/mol. The zero-order chi connectivity index (χ0) is 18.5. The fraction of sp³-hybridized carbons (Fsp3) is 0.700. The van der Waals surface area contributed by atoms with E-state index in [2.05, 4.69) is 19.9 Å². The van der Waals surface area contributed by atoms with Gasteiger partial charge in [-0.3, -0.25) is 9.59 Å². The van der Waals surface area contributed by atoms with Gasteiger partial charge in [-0.05, 0) is 59.0 Å². The lowest BCUT2D eigenvalue weighted by molar-refractivity contribution is -0.150. The second kappa shape index (κ2) is 12.8. The third-order valence-electron chi connectivity index (χ3n) is 3.79. The molecule has 0 heterocycles. The zero-order valence-electron chi connectivity index (χ0n) is 16.2. The minimum Gasteiger partial charge on any atom is -0.462 e. The third-order valence-corrected chi connectivity index (χ3v) is 3.79. The summed E-state index contributed by atoms with van der Waals surface area (Å²) in [6, 6.07) is 0. The molecule has 0 aromatic rings. The van der Waals surface area contributed by atoms with Gasteiger partial charge in [-0.25, -0.2) is 0 Å².